The van der Waals surface area contributed by atoms with Gasteiger partial charge in [-0.2, -0.15) is 15.0 Å². The number of benzene rings is 1. The molecule has 100 valence electrons. The zero-order chi connectivity index (χ0) is 14.0. The second-order valence-corrected chi connectivity index (χ2v) is 4.78. The molecular weight excluding hydrogens is 292 g/mol. The summed E-state index contributed by atoms with van der Waals surface area (Å²) in [5.41, 5.74) is 0.183. The lowest BCUT2D eigenvalue weighted by Gasteiger charge is -2.09. The zero-order valence-electron chi connectivity index (χ0n) is 10.2. The Balaban J connectivity index is 2.46. The molecule has 1 aromatic heterocycles. The van der Waals surface area contributed by atoms with Crippen LogP contribution in [0.15, 0.2) is 18.2 Å². The zero-order valence-corrected chi connectivity index (χ0v) is 11.7. The van der Waals surface area contributed by atoms with Gasteiger partial charge in [-0.1, -0.05) is 11.6 Å². The second kappa shape index (κ2) is 5.67. The van der Waals surface area contributed by atoms with Crippen LogP contribution < -0.4 is 4.74 Å². The Morgan fingerprint density at radius 1 is 1.16 bits per heavy atom. The van der Waals surface area contributed by atoms with E-state index in [0.717, 1.165) is 0 Å². The van der Waals surface area contributed by atoms with Crippen molar-refractivity contribution in [2.24, 2.45) is 0 Å². The highest BCUT2D eigenvalue weighted by molar-refractivity contribution is 6.30. The molecule has 0 aliphatic rings. The highest BCUT2D eigenvalue weighted by atomic mass is 35.5. The molecule has 0 saturated heterocycles. The second-order valence-electron chi connectivity index (χ2n) is 4.00. The molecule has 19 heavy (non-hydrogen) atoms. The van der Waals surface area contributed by atoms with Crippen molar-refractivity contribution in [3.05, 3.63) is 34.3 Å². The maximum atomic E-state index is 13.8. The van der Waals surface area contributed by atoms with Crippen molar-refractivity contribution < 1.29 is 9.13 Å². The van der Waals surface area contributed by atoms with Crippen LogP contribution in [0.2, 0.25) is 10.3 Å². The topological polar surface area (TPSA) is 47.9 Å². The number of ether oxygens (including phenoxy) is 1. The Morgan fingerprint density at radius 3 is 2.53 bits per heavy atom. The van der Waals surface area contributed by atoms with Crippen LogP contribution in [0.1, 0.15) is 13.8 Å². The minimum atomic E-state index is -0.537. The van der Waals surface area contributed by atoms with Gasteiger partial charge in [-0.25, -0.2) is 4.39 Å². The van der Waals surface area contributed by atoms with Gasteiger partial charge in [-0.15, -0.1) is 0 Å². The number of rotatable bonds is 3. The van der Waals surface area contributed by atoms with E-state index in [4.69, 9.17) is 27.9 Å². The lowest BCUT2D eigenvalue weighted by molar-refractivity contribution is 0.222. The summed E-state index contributed by atoms with van der Waals surface area (Å²) in [5.74, 6) is -0.435. The van der Waals surface area contributed by atoms with Gasteiger partial charge >= 0.3 is 6.01 Å². The van der Waals surface area contributed by atoms with E-state index in [9.17, 15) is 4.39 Å². The molecule has 0 bridgehead atoms. The van der Waals surface area contributed by atoms with Crippen LogP contribution in [0.4, 0.5) is 4.39 Å². The van der Waals surface area contributed by atoms with Crippen LogP contribution in [0.5, 0.6) is 6.01 Å². The van der Waals surface area contributed by atoms with E-state index in [0.29, 0.717) is 5.02 Å². The van der Waals surface area contributed by atoms with Gasteiger partial charge in [0.1, 0.15) is 5.82 Å². The Bertz CT molecular complexity index is 608. The molecule has 1 heterocycles. The molecule has 4 nitrogen and oxygen atoms in total. The quantitative estimate of drug-likeness (QED) is 0.866. The van der Waals surface area contributed by atoms with Crippen molar-refractivity contribution >= 4 is 23.2 Å². The van der Waals surface area contributed by atoms with Crippen LogP contribution in [0.25, 0.3) is 11.4 Å². The van der Waals surface area contributed by atoms with E-state index in [1.807, 2.05) is 13.8 Å². The van der Waals surface area contributed by atoms with Gasteiger partial charge in [0, 0.05) is 5.02 Å². The molecule has 0 aliphatic carbocycles. The number of aromatic nitrogens is 3. The highest BCUT2D eigenvalue weighted by Gasteiger charge is 2.13. The van der Waals surface area contributed by atoms with Crippen molar-refractivity contribution in [2.75, 3.05) is 0 Å². The monoisotopic (exact) mass is 301 g/mol. The summed E-state index contributed by atoms with van der Waals surface area (Å²) in [7, 11) is 0. The molecule has 2 aromatic rings. The Labute approximate surface area is 119 Å². The minimum absolute atomic E-state index is 0.0550. The largest absolute Gasteiger partial charge is 0.461 e. The third-order valence-electron chi connectivity index (χ3n) is 2.10. The van der Waals surface area contributed by atoms with Gasteiger partial charge in [-0.05, 0) is 43.6 Å². The molecule has 2 rings (SSSR count). The maximum Gasteiger partial charge on any atom is 0.321 e. The number of hydrogen-bond acceptors (Lipinski definition) is 4. The summed E-state index contributed by atoms with van der Waals surface area (Å²) in [4.78, 5) is 11.7. The standard InChI is InChI=1S/C12H10Cl2FN3O/c1-6(2)19-12-17-10(16-11(14)18-12)8-4-3-7(13)5-9(8)15/h3-6H,1-2H3. The molecule has 0 N–H and O–H groups in total. The van der Waals surface area contributed by atoms with Gasteiger partial charge in [0.05, 0.1) is 11.7 Å². The van der Waals surface area contributed by atoms with Crippen molar-refractivity contribution in [1.29, 1.82) is 0 Å². The fraction of sp³-hybridized carbons (Fsp3) is 0.250. The molecule has 0 radical (unpaired) electrons. The SMILES string of the molecule is CC(C)Oc1nc(Cl)nc(-c2ccc(Cl)cc2F)n1. The first-order valence-electron chi connectivity index (χ1n) is 5.49. The number of hydrogen-bond donors (Lipinski definition) is 0. The molecule has 0 spiro atoms. The van der Waals surface area contributed by atoms with E-state index in [-0.39, 0.29) is 28.8 Å². The Kier molecular flexibility index (Phi) is 4.17. The molecular formula is C12H10Cl2FN3O. The molecule has 0 fully saturated rings. The summed E-state index contributed by atoms with van der Waals surface area (Å²) in [6.45, 7) is 3.64. The average molecular weight is 302 g/mol. The fourth-order valence-electron chi connectivity index (χ4n) is 1.39. The van der Waals surface area contributed by atoms with Gasteiger partial charge in [-0.3, -0.25) is 0 Å². The predicted molar refractivity (Wildman–Crippen MR) is 71.0 cm³/mol. The normalized spacial score (nSPS) is 10.8. The average Bonchev–Trinajstić information content (AvgIpc) is 2.26. The van der Waals surface area contributed by atoms with Crippen LogP contribution in [-0.2, 0) is 0 Å². The van der Waals surface area contributed by atoms with Gasteiger partial charge in [0.2, 0.25) is 5.28 Å². The van der Waals surface area contributed by atoms with Crippen LogP contribution >= 0.6 is 23.2 Å². The van der Waals surface area contributed by atoms with E-state index >= 15 is 0 Å². The van der Waals surface area contributed by atoms with Crippen LogP contribution in [0, 0.1) is 5.82 Å². The number of nitrogens with zero attached hydrogens (tertiary/aromatic N) is 3. The summed E-state index contributed by atoms with van der Waals surface area (Å²) in [5, 5.41) is 0.232. The van der Waals surface area contributed by atoms with Gasteiger partial charge < -0.3 is 4.74 Å². The van der Waals surface area contributed by atoms with Crippen molar-refractivity contribution in [1.82, 2.24) is 15.0 Å². The van der Waals surface area contributed by atoms with E-state index in [1.54, 1.807) is 6.07 Å². The first kappa shape index (κ1) is 14.0. The first-order chi connectivity index (χ1) is 8.95. The fourth-order valence-corrected chi connectivity index (χ4v) is 1.70. The Hall–Kier alpha value is -1.46. The number of halogens is 3. The Morgan fingerprint density at radius 2 is 1.89 bits per heavy atom. The summed E-state index contributed by atoms with van der Waals surface area (Å²) >= 11 is 11.5. The first-order valence-corrected chi connectivity index (χ1v) is 6.25. The molecule has 0 atom stereocenters. The molecule has 1 aromatic carbocycles. The van der Waals surface area contributed by atoms with Crippen molar-refractivity contribution in [2.45, 2.75) is 20.0 Å². The molecule has 7 heteroatoms. The lowest BCUT2D eigenvalue weighted by Crippen LogP contribution is -2.09. The molecule has 0 unspecified atom stereocenters. The van der Waals surface area contributed by atoms with E-state index in [2.05, 4.69) is 15.0 Å². The molecule has 0 amide bonds. The molecule has 0 saturated carbocycles. The van der Waals surface area contributed by atoms with Crippen molar-refractivity contribution in [3.8, 4) is 17.4 Å². The highest BCUT2D eigenvalue weighted by Crippen LogP contribution is 2.24. The summed E-state index contributed by atoms with van der Waals surface area (Å²) in [6, 6.07) is 4.25. The summed E-state index contributed by atoms with van der Waals surface area (Å²) < 4.78 is 19.1. The molecule has 0 aliphatic heterocycles. The summed E-state index contributed by atoms with van der Waals surface area (Å²) in [6.07, 6.45) is -0.124. The smallest absolute Gasteiger partial charge is 0.321 e. The predicted octanol–water partition coefficient (Wildman–Crippen LogP) is 3.77. The third kappa shape index (κ3) is 3.52. The maximum absolute atomic E-state index is 13.8. The van der Waals surface area contributed by atoms with E-state index < -0.39 is 5.82 Å². The van der Waals surface area contributed by atoms with Crippen LogP contribution in [0.3, 0.4) is 0 Å². The third-order valence-corrected chi connectivity index (χ3v) is 2.50. The van der Waals surface area contributed by atoms with Crippen LogP contribution in [-0.4, -0.2) is 21.1 Å². The van der Waals surface area contributed by atoms with Gasteiger partial charge in [0.15, 0.2) is 5.82 Å². The van der Waals surface area contributed by atoms with Crippen molar-refractivity contribution in [3.63, 3.8) is 0 Å². The van der Waals surface area contributed by atoms with E-state index in [1.165, 1.54) is 12.1 Å². The minimum Gasteiger partial charge on any atom is -0.461 e. The lowest BCUT2D eigenvalue weighted by atomic mass is 10.2. The van der Waals surface area contributed by atoms with Gasteiger partial charge in [0.25, 0.3) is 0 Å².